The van der Waals surface area contributed by atoms with Crippen LogP contribution in [0.2, 0.25) is 0 Å². The summed E-state index contributed by atoms with van der Waals surface area (Å²) < 4.78 is 1.98. The quantitative estimate of drug-likeness (QED) is 0.754. The molecular formula is C7H14N4S. The molecule has 1 rings (SSSR count). The lowest BCUT2D eigenvalue weighted by Crippen LogP contribution is -2.03. The maximum atomic E-state index is 4.06. The van der Waals surface area contributed by atoms with Crippen molar-refractivity contribution in [1.29, 1.82) is 0 Å². The predicted molar refractivity (Wildman–Crippen MR) is 52.6 cm³/mol. The molecule has 5 heteroatoms. The molecule has 0 aromatic carbocycles. The van der Waals surface area contributed by atoms with E-state index in [1.807, 2.05) is 30.4 Å². The van der Waals surface area contributed by atoms with E-state index in [1.54, 1.807) is 0 Å². The van der Waals surface area contributed by atoms with Crippen molar-refractivity contribution in [3.63, 3.8) is 0 Å². The molecule has 0 saturated carbocycles. The second kappa shape index (κ2) is 4.35. The second-order valence-electron chi connectivity index (χ2n) is 2.49. The van der Waals surface area contributed by atoms with Crippen LogP contribution in [0.4, 0.5) is 5.95 Å². The SMILES string of the molecule is CNc1nnc(CCSC)n1C. The molecule has 0 aliphatic rings. The van der Waals surface area contributed by atoms with Crippen LogP contribution >= 0.6 is 11.8 Å². The molecule has 1 N–H and O–H groups in total. The third-order valence-corrected chi connectivity index (χ3v) is 2.33. The lowest BCUT2D eigenvalue weighted by molar-refractivity contribution is 0.815. The first kappa shape index (κ1) is 9.38. The lowest BCUT2D eigenvalue weighted by Gasteiger charge is -2.01. The number of nitrogens with one attached hydrogen (secondary N) is 1. The minimum absolute atomic E-state index is 0.825. The first-order valence-electron chi connectivity index (χ1n) is 3.84. The molecule has 4 nitrogen and oxygen atoms in total. The van der Waals surface area contributed by atoms with Crippen LogP contribution in [0.1, 0.15) is 5.82 Å². The number of aromatic nitrogens is 3. The van der Waals surface area contributed by atoms with Gasteiger partial charge in [0, 0.05) is 26.3 Å². The zero-order chi connectivity index (χ0) is 8.97. The zero-order valence-electron chi connectivity index (χ0n) is 7.66. The molecule has 0 unspecified atom stereocenters. The van der Waals surface area contributed by atoms with Gasteiger partial charge in [-0.2, -0.15) is 11.8 Å². The molecule has 0 saturated heterocycles. The van der Waals surface area contributed by atoms with Gasteiger partial charge in [0.1, 0.15) is 5.82 Å². The van der Waals surface area contributed by atoms with Gasteiger partial charge in [-0.1, -0.05) is 0 Å². The standard InChI is InChI=1S/C7H14N4S/c1-8-7-10-9-6(11(7)2)4-5-12-3/h4-5H2,1-3H3,(H,8,10). The molecule has 0 fully saturated rings. The Balaban J connectivity index is 2.66. The van der Waals surface area contributed by atoms with Crippen molar-refractivity contribution >= 4 is 17.7 Å². The fourth-order valence-electron chi connectivity index (χ4n) is 0.990. The smallest absolute Gasteiger partial charge is 0.224 e. The van der Waals surface area contributed by atoms with E-state index in [4.69, 9.17) is 0 Å². The van der Waals surface area contributed by atoms with Crippen molar-refractivity contribution in [3.05, 3.63) is 5.82 Å². The summed E-state index contributed by atoms with van der Waals surface area (Å²) in [5.41, 5.74) is 0. The third-order valence-electron chi connectivity index (χ3n) is 1.72. The van der Waals surface area contributed by atoms with Crippen LogP contribution in [0.15, 0.2) is 0 Å². The van der Waals surface area contributed by atoms with Gasteiger partial charge in [-0.25, -0.2) is 0 Å². The van der Waals surface area contributed by atoms with Gasteiger partial charge in [-0.05, 0) is 6.26 Å². The van der Waals surface area contributed by atoms with Gasteiger partial charge >= 0.3 is 0 Å². The Morgan fingerprint density at radius 2 is 2.25 bits per heavy atom. The fourth-order valence-corrected chi connectivity index (χ4v) is 1.38. The fraction of sp³-hybridized carbons (Fsp3) is 0.714. The van der Waals surface area contributed by atoms with Crippen molar-refractivity contribution in [2.24, 2.45) is 7.05 Å². The molecule has 68 valence electrons. The molecule has 1 heterocycles. The van der Waals surface area contributed by atoms with Gasteiger partial charge in [0.15, 0.2) is 0 Å². The summed E-state index contributed by atoms with van der Waals surface area (Å²) in [4.78, 5) is 0. The number of thioether (sulfide) groups is 1. The molecule has 0 atom stereocenters. The Labute approximate surface area is 76.8 Å². The molecule has 1 aromatic heterocycles. The van der Waals surface area contributed by atoms with Crippen LogP contribution in [0.3, 0.4) is 0 Å². The Hall–Kier alpha value is -0.710. The molecule has 0 bridgehead atoms. The van der Waals surface area contributed by atoms with Crippen molar-refractivity contribution in [2.45, 2.75) is 6.42 Å². The Morgan fingerprint density at radius 3 is 2.75 bits per heavy atom. The van der Waals surface area contributed by atoms with Crippen LogP contribution in [-0.2, 0) is 13.5 Å². The van der Waals surface area contributed by atoms with E-state index in [2.05, 4.69) is 21.8 Å². The summed E-state index contributed by atoms with van der Waals surface area (Å²) >= 11 is 1.82. The van der Waals surface area contributed by atoms with E-state index in [1.165, 1.54) is 0 Å². The highest BCUT2D eigenvalue weighted by molar-refractivity contribution is 7.98. The van der Waals surface area contributed by atoms with Crippen LogP contribution in [0.25, 0.3) is 0 Å². The summed E-state index contributed by atoms with van der Waals surface area (Å²) in [7, 11) is 3.82. The molecule has 12 heavy (non-hydrogen) atoms. The van der Waals surface area contributed by atoms with Crippen LogP contribution in [-0.4, -0.2) is 33.8 Å². The molecule has 0 aliphatic carbocycles. The average molecular weight is 186 g/mol. The van der Waals surface area contributed by atoms with Crippen LogP contribution in [0.5, 0.6) is 0 Å². The summed E-state index contributed by atoms with van der Waals surface area (Å²) in [6, 6.07) is 0. The van der Waals surface area contributed by atoms with E-state index in [0.29, 0.717) is 0 Å². The number of aryl methyl sites for hydroxylation is 1. The van der Waals surface area contributed by atoms with Gasteiger partial charge in [0.2, 0.25) is 5.95 Å². The summed E-state index contributed by atoms with van der Waals surface area (Å²) in [6.07, 6.45) is 3.07. The molecule has 0 amide bonds. The van der Waals surface area contributed by atoms with Crippen molar-refractivity contribution in [2.75, 3.05) is 24.4 Å². The Bertz CT molecular complexity index is 246. The number of anilines is 1. The van der Waals surface area contributed by atoms with Gasteiger partial charge in [0.05, 0.1) is 0 Å². The highest BCUT2D eigenvalue weighted by atomic mass is 32.2. The topological polar surface area (TPSA) is 42.7 Å². The summed E-state index contributed by atoms with van der Waals surface area (Å²) in [5.74, 6) is 2.95. The van der Waals surface area contributed by atoms with E-state index in [9.17, 15) is 0 Å². The largest absolute Gasteiger partial charge is 0.357 e. The van der Waals surface area contributed by atoms with E-state index in [0.717, 1.165) is 23.9 Å². The number of hydrogen-bond donors (Lipinski definition) is 1. The molecule has 0 aliphatic heterocycles. The number of hydrogen-bond acceptors (Lipinski definition) is 4. The molecular weight excluding hydrogens is 172 g/mol. The highest BCUT2D eigenvalue weighted by Gasteiger charge is 2.05. The van der Waals surface area contributed by atoms with Crippen molar-refractivity contribution in [1.82, 2.24) is 14.8 Å². The first-order chi connectivity index (χ1) is 5.79. The van der Waals surface area contributed by atoms with Crippen molar-refractivity contribution in [3.8, 4) is 0 Å². The van der Waals surface area contributed by atoms with E-state index < -0.39 is 0 Å². The number of nitrogens with zero attached hydrogens (tertiary/aromatic N) is 3. The number of rotatable bonds is 4. The van der Waals surface area contributed by atoms with E-state index in [-0.39, 0.29) is 0 Å². The minimum Gasteiger partial charge on any atom is -0.357 e. The van der Waals surface area contributed by atoms with Gasteiger partial charge in [0.25, 0.3) is 0 Å². The summed E-state index contributed by atoms with van der Waals surface area (Å²) in [6.45, 7) is 0. The van der Waals surface area contributed by atoms with Crippen molar-refractivity contribution < 1.29 is 0 Å². The second-order valence-corrected chi connectivity index (χ2v) is 3.48. The maximum Gasteiger partial charge on any atom is 0.224 e. The summed E-state index contributed by atoms with van der Waals surface area (Å²) in [5, 5.41) is 11.0. The molecule has 0 radical (unpaired) electrons. The maximum absolute atomic E-state index is 4.06. The van der Waals surface area contributed by atoms with Gasteiger partial charge in [-0.3, -0.25) is 0 Å². The third kappa shape index (κ3) is 1.91. The highest BCUT2D eigenvalue weighted by Crippen LogP contribution is 2.06. The predicted octanol–water partition coefficient (Wildman–Crippen LogP) is 0.762. The zero-order valence-corrected chi connectivity index (χ0v) is 8.48. The molecule has 1 aromatic rings. The lowest BCUT2D eigenvalue weighted by atomic mass is 10.4. The Kier molecular flexibility index (Phi) is 3.40. The van der Waals surface area contributed by atoms with Crippen LogP contribution < -0.4 is 5.32 Å². The average Bonchev–Trinajstić information content (AvgIpc) is 2.43. The normalized spacial score (nSPS) is 10.2. The minimum atomic E-state index is 0.825. The molecule has 0 spiro atoms. The van der Waals surface area contributed by atoms with E-state index >= 15 is 0 Å². The first-order valence-corrected chi connectivity index (χ1v) is 5.24. The van der Waals surface area contributed by atoms with Crippen LogP contribution in [0, 0.1) is 0 Å². The Morgan fingerprint density at radius 1 is 1.50 bits per heavy atom. The van der Waals surface area contributed by atoms with Gasteiger partial charge < -0.3 is 9.88 Å². The van der Waals surface area contributed by atoms with Gasteiger partial charge in [-0.15, -0.1) is 10.2 Å². The monoisotopic (exact) mass is 186 g/mol.